The van der Waals surface area contributed by atoms with E-state index in [-0.39, 0.29) is 42.7 Å². The molecular weight excluding hydrogens is 606 g/mol. The van der Waals surface area contributed by atoms with Crippen molar-refractivity contribution in [3.05, 3.63) is 12.2 Å². The maximum absolute atomic E-state index is 12.6. The molecule has 0 N–H and O–H groups in total. The number of hydrogen-bond donors (Lipinski definition) is 0. The largest absolute Gasteiger partial charge is 0.544 e. The maximum atomic E-state index is 12.6. The van der Waals surface area contributed by atoms with E-state index in [0.29, 0.717) is 12.8 Å². The summed E-state index contributed by atoms with van der Waals surface area (Å²) in [4.78, 5) is 36.6. The minimum absolute atomic E-state index is 0.0437. The number of hydrogen-bond acceptors (Lipinski definition) is 7. The average Bonchev–Trinajstić information content (AvgIpc) is 3.03. The van der Waals surface area contributed by atoms with Gasteiger partial charge < -0.3 is 28.6 Å². The molecule has 0 aromatic rings. The second-order valence-corrected chi connectivity index (χ2v) is 14.5. The van der Waals surface area contributed by atoms with E-state index in [1.807, 2.05) is 0 Å². The number of rotatable bonds is 35. The summed E-state index contributed by atoms with van der Waals surface area (Å²) < 4.78 is 17.1. The van der Waals surface area contributed by atoms with Gasteiger partial charge in [0, 0.05) is 19.3 Å². The van der Waals surface area contributed by atoms with Gasteiger partial charge in [0.1, 0.15) is 12.6 Å². The van der Waals surface area contributed by atoms with Gasteiger partial charge in [0.05, 0.1) is 40.3 Å². The number of allylic oxidation sites excluding steroid dienone is 2. The van der Waals surface area contributed by atoms with Crippen LogP contribution >= 0.6 is 0 Å². The van der Waals surface area contributed by atoms with E-state index in [4.69, 9.17) is 14.2 Å². The Morgan fingerprint density at radius 2 is 1.04 bits per heavy atom. The molecule has 0 heterocycles. The zero-order valence-corrected chi connectivity index (χ0v) is 31.9. The lowest BCUT2D eigenvalue weighted by Crippen LogP contribution is -2.55. The fourth-order valence-corrected chi connectivity index (χ4v) is 5.77. The SMILES string of the molecule is CCCCCC/C=C/CCCCCCCCCC(=O)OC(COCCC(C(=O)[O-])[N+](C)(C)C)COC(=O)CCCCCCCCCCC. The van der Waals surface area contributed by atoms with Crippen molar-refractivity contribution in [3.8, 4) is 0 Å². The summed E-state index contributed by atoms with van der Waals surface area (Å²) in [7, 11) is 5.40. The van der Waals surface area contributed by atoms with Crippen molar-refractivity contribution in [3.63, 3.8) is 0 Å². The first-order valence-corrected chi connectivity index (χ1v) is 19.7. The number of likely N-dealkylation sites (N-methyl/N-ethyl adjacent to an activating group) is 1. The van der Waals surface area contributed by atoms with Gasteiger partial charge in [0.25, 0.3) is 0 Å². The van der Waals surface area contributed by atoms with Crippen LogP contribution in [0.1, 0.15) is 174 Å². The summed E-state index contributed by atoms with van der Waals surface area (Å²) in [6, 6.07) is -0.720. The van der Waals surface area contributed by atoms with Gasteiger partial charge in [-0.15, -0.1) is 0 Å². The predicted octanol–water partition coefficient (Wildman–Crippen LogP) is 8.63. The second kappa shape index (κ2) is 32.3. The Hall–Kier alpha value is -1.93. The number of carbonyl (C=O) groups is 3. The first-order valence-electron chi connectivity index (χ1n) is 19.7. The molecule has 0 aromatic heterocycles. The lowest BCUT2D eigenvalue weighted by atomic mass is 10.1. The molecule has 0 saturated heterocycles. The Morgan fingerprint density at radius 1 is 0.604 bits per heavy atom. The van der Waals surface area contributed by atoms with Gasteiger partial charge >= 0.3 is 11.9 Å². The molecule has 0 aliphatic heterocycles. The van der Waals surface area contributed by atoms with Gasteiger partial charge in [-0.05, 0) is 38.5 Å². The van der Waals surface area contributed by atoms with Gasteiger partial charge in [-0.25, -0.2) is 0 Å². The van der Waals surface area contributed by atoms with Gasteiger partial charge in [-0.2, -0.15) is 0 Å². The first kappa shape index (κ1) is 46.1. The first-order chi connectivity index (χ1) is 23.1. The summed E-state index contributed by atoms with van der Waals surface area (Å²) >= 11 is 0. The Kier molecular flexibility index (Phi) is 31.0. The lowest BCUT2D eigenvalue weighted by Gasteiger charge is -2.34. The van der Waals surface area contributed by atoms with Crippen LogP contribution in [0.2, 0.25) is 0 Å². The number of unbranched alkanes of at least 4 members (excludes halogenated alkanes) is 19. The molecule has 0 spiro atoms. The highest BCUT2D eigenvalue weighted by molar-refractivity contribution is 5.70. The number of esters is 2. The van der Waals surface area contributed by atoms with Crippen LogP contribution in [-0.2, 0) is 28.6 Å². The Labute approximate surface area is 295 Å². The number of nitrogens with zero attached hydrogens (tertiary/aromatic N) is 1. The van der Waals surface area contributed by atoms with Gasteiger partial charge in [0.15, 0.2) is 6.10 Å². The van der Waals surface area contributed by atoms with Crippen LogP contribution in [0.25, 0.3) is 0 Å². The lowest BCUT2D eigenvalue weighted by molar-refractivity contribution is -0.889. The summed E-state index contributed by atoms with van der Waals surface area (Å²) in [5.41, 5.74) is 0. The van der Waals surface area contributed by atoms with E-state index in [1.165, 1.54) is 103 Å². The zero-order chi connectivity index (χ0) is 35.7. The fourth-order valence-electron chi connectivity index (χ4n) is 5.77. The highest BCUT2D eigenvalue weighted by Gasteiger charge is 2.25. The average molecular weight is 682 g/mol. The molecule has 0 radical (unpaired) electrons. The predicted molar refractivity (Wildman–Crippen MR) is 194 cm³/mol. The number of quaternary nitrogens is 1. The highest BCUT2D eigenvalue weighted by Crippen LogP contribution is 2.14. The third-order valence-corrected chi connectivity index (χ3v) is 8.90. The van der Waals surface area contributed by atoms with Crippen LogP contribution < -0.4 is 5.11 Å². The number of ether oxygens (including phenoxy) is 3. The molecule has 2 atom stereocenters. The molecule has 8 nitrogen and oxygen atoms in total. The zero-order valence-electron chi connectivity index (χ0n) is 31.9. The molecule has 48 heavy (non-hydrogen) atoms. The molecule has 282 valence electrons. The molecule has 2 unspecified atom stereocenters. The molecule has 0 aliphatic rings. The molecule has 0 bridgehead atoms. The van der Waals surface area contributed by atoms with Crippen molar-refractivity contribution in [2.45, 2.75) is 187 Å². The van der Waals surface area contributed by atoms with Crippen molar-refractivity contribution in [2.75, 3.05) is 41.0 Å². The standard InChI is InChI=1S/C40H75NO7/c1-6-8-10-12-14-16-17-18-19-20-21-23-25-27-29-31-39(43)48-36(34-46-33-32-37(40(44)45)41(3,4)5)35-47-38(42)30-28-26-24-22-15-13-11-9-7-2/h16-17,36-37H,6-15,18-35H2,1-5H3/b17-16+. The Morgan fingerprint density at radius 3 is 1.52 bits per heavy atom. The summed E-state index contributed by atoms with van der Waals surface area (Å²) in [5.74, 6) is -1.74. The van der Waals surface area contributed by atoms with Crippen LogP contribution in [0.15, 0.2) is 12.2 Å². The second-order valence-electron chi connectivity index (χ2n) is 14.5. The summed E-state index contributed by atoms with van der Waals surface area (Å²) in [6.45, 7) is 4.62. The molecule has 0 aliphatic carbocycles. The van der Waals surface area contributed by atoms with Crippen molar-refractivity contribution >= 4 is 17.9 Å². The van der Waals surface area contributed by atoms with E-state index in [1.54, 1.807) is 21.1 Å². The van der Waals surface area contributed by atoms with Gasteiger partial charge in [-0.1, -0.05) is 129 Å². The van der Waals surface area contributed by atoms with Crippen LogP contribution in [0, 0.1) is 0 Å². The third kappa shape index (κ3) is 30.2. The van der Waals surface area contributed by atoms with Crippen LogP contribution in [0.3, 0.4) is 0 Å². The molecule has 0 aromatic carbocycles. The van der Waals surface area contributed by atoms with Crippen molar-refractivity contribution in [2.24, 2.45) is 0 Å². The van der Waals surface area contributed by atoms with E-state index < -0.39 is 18.1 Å². The summed E-state index contributed by atoms with van der Waals surface area (Å²) in [5, 5.41) is 11.6. The van der Waals surface area contributed by atoms with Crippen LogP contribution in [-0.4, -0.2) is 75.5 Å². The normalized spacial score (nSPS) is 13.1. The molecule has 0 rings (SSSR count). The minimum atomic E-state index is -1.12. The van der Waals surface area contributed by atoms with Crippen LogP contribution in [0.4, 0.5) is 0 Å². The minimum Gasteiger partial charge on any atom is -0.544 e. The smallest absolute Gasteiger partial charge is 0.306 e. The fraction of sp³-hybridized carbons (Fsp3) is 0.875. The maximum Gasteiger partial charge on any atom is 0.306 e. The number of aliphatic carboxylic acids is 1. The highest BCUT2D eigenvalue weighted by atomic mass is 16.6. The third-order valence-electron chi connectivity index (χ3n) is 8.90. The van der Waals surface area contributed by atoms with E-state index in [2.05, 4.69) is 26.0 Å². The topological polar surface area (TPSA) is 102 Å². The Balaban J connectivity index is 4.38. The van der Waals surface area contributed by atoms with Crippen molar-refractivity contribution < 1.29 is 38.2 Å². The van der Waals surface area contributed by atoms with Crippen LogP contribution in [0.5, 0.6) is 0 Å². The molecule has 8 heteroatoms. The molecule has 0 saturated carbocycles. The summed E-state index contributed by atoms with van der Waals surface area (Å²) in [6.07, 6.45) is 30.9. The van der Waals surface area contributed by atoms with E-state index in [0.717, 1.165) is 38.5 Å². The van der Waals surface area contributed by atoms with Crippen molar-refractivity contribution in [1.82, 2.24) is 0 Å². The number of carboxylic acids is 1. The van der Waals surface area contributed by atoms with E-state index in [9.17, 15) is 19.5 Å². The van der Waals surface area contributed by atoms with Gasteiger partial charge in [-0.3, -0.25) is 9.59 Å². The quantitative estimate of drug-likeness (QED) is 0.0286. The number of carbonyl (C=O) groups excluding carboxylic acids is 3. The van der Waals surface area contributed by atoms with E-state index >= 15 is 0 Å². The number of carboxylic acid groups (broad SMARTS) is 1. The molecule has 0 fully saturated rings. The van der Waals surface area contributed by atoms with Crippen molar-refractivity contribution in [1.29, 1.82) is 0 Å². The molecule has 0 amide bonds. The molecular formula is C40H75NO7. The van der Waals surface area contributed by atoms with Gasteiger partial charge in [0.2, 0.25) is 0 Å². The monoisotopic (exact) mass is 682 g/mol. The Bertz CT molecular complexity index is 808.